The second kappa shape index (κ2) is 4.74. The van der Waals surface area contributed by atoms with Gasteiger partial charge in [-0.3, -0.25) is 4.79 Å². The molecule has 0 atom stereocenters. The Morgan fingerprint density at radius 3 is 3.00 bits per heavy atom. The highest BCUT2D eigenvalue weighted by Gasteiger charge is 2.24. The molecule has 0 aliphatic carbocycles. The van der Waals surface area contributed by atoms with Crippen LogP contribution in [-0.4, -0.2) is 24.9 Å². The third-order valence-electron chi connectivity index (χ3n) is 2.67. The Hall–Kier alpha value is -1.22. The molecule has 86 valence electrons. The van der Waals surface area contributed by atoms with Gasteiger partial charge in [0.15, 0.2) is 6.61 Å². The Balaban J connectivity index is 2.37. The van der Waals surface area contributed by atoms with Crippen LogP contribution >= 0.6 is 11.6 Å². The van der Waals surface area contributed by atoms with E-state index in [1.807, 2.05) is 25.1 Å². The molecule has 0 radical (unpaired) electrons. The molecule has 1 aromatic rings. The summed E-state index contributed by atoms with van der Waals surface area (Å²) in [7, 11) is 0. The average molecular weight is 240 g/mol. The topological polar surface area (TPSA) is 29.5 Å². The van der Waals surface area contributed by atoms with E-state index in [0.29, 0.717) is 12.4 Å². The van der Waals surface area contributed by atoms with Gasteiger partial charge in [0.1, 0.15) is 5.75 Å². The summed E-state index contributed by atoms with van der Waals surface area (Å²) in [5.41, 5.74) is 1.99. The number of anilines is 1. The van der Waals surface area contributed by atoms with Crippen molar-refractivity contribution in [3.63, 3.8) is 0 Å². The molecule has 0 saturated carbocycles. The van der Waals surface area contributed by atoms with Crippen molar-refractivity contribution in [2.24, 2.45) is 0 Å². The van der Waals surface area contributed by atoms with Gasteiger partial charge in [0.25, 0.3) is 5.91 Å². The monoisotopic (exact) mass is 239 g/mol. The number of carbonyl (C=O) groups excluding carboxylic acids is 1. The number of amides is 1. The lowest BCUT2D eigenvalue weighted by atomic mass is 10.1. The zero-order valence-electron chi connectivity index (χ0n) is 9.20. The molecule has 0 bridgehead atoms. The van der Waals surface area contributed by atoms with Gasteiger partial charge in [-0.25, -0.2) is 0 Å². The van der Waals surface area contributed by atoms with E-state index in [-0.39, 0.29) is 12.5 Å². The maximum Gasteiger partial charge on any atom is 0.265 e. The third kappa shape index (κ3) is 2.00. The highest BCUT2D eigenvalue weighted by atomic mass is 35.5. The van der Waals surface area contributed by atoms with Gasteiger partial charge in [-0.1, -0.05) is 6.07 Å². The van der Waals surface area contributed by atoms with Crippen LogP contribution in [0.15, 0.2) is 18.2 Å². The van der Waals surface area contributed by atoms with Crippen LogP contribution in [0.1, 0.15) is 12.5 Å². The van der Waals surface area contributed by atoms with Crippen molar-refractivity contribution in [3.05, 3.63) is 23.8 Å². The van der Waals surface area contributed by atoms with Crippen LogP contribution in [0.2, 0.25) is 0 Å². The van der Waals surface area contributed by atoms with Crippen molar-refractivity contribution in [1.82, 2.24) is 0 Å². The first kappa shape index (κ1) is 11.3. The lowest BCUT2D eigenvalue weighted by Gasteiger charge is -2.28. The molecule has 4 heteroatoms. The van der Waals surface area contributed by atoms with E-state index in [2.05, 4.69) is 0 Å². The number of likely N-dealkylation sites (N-methyl/N-ethyl adjacent to an activating group) is 1. The van der Waals surface area contributed by atoms with E-state index >= 15 is 0 Å². The Kier molecular flexibility index (Phi) is 3.34. The number of nitrogens with zero attached hydrogens (tertiary/aromatic N) is 1. The molecular formula is C12H14ClNO2. The largest absolute Gasteiger partial charge is 0.482 e. The van der Waals surface area contributed by atoms with Crippen LogP contribution in [0.3, 0.4) is 0 Å². The van der Waals surface area contributed by atoms with E-state index in [4.69, 9.17) is 16.3 Å². The molecule has 3 nitrogen and oxygen atoms in total. The fourth-order valence-corrected chi connectivity index (χ4v) is 2.08. The van der Waals surface area contributed by atoms with Gasteiger partial charge in [0, 0.05) is 12.4 Å². The summed E-state index contributed by atoms with van der Waals surface area (Å²) in [4.78, 5) is 13.4. The molecular weight excluding hydrogens is 226 g/mol. The van der Waals surface area contributed by atoms with Gasteiger partial charge < -0.3 is 9.64 Å². The quantitative estimate of drug-likeness (QED) is 0.757. The normalized spacial score (nSPS) is 14.6. The van der Waals surface area contributed by atoms with Gasteiger partial charge in [-0.05, 0) is 31.0 Å². The van der Waals surface area contributed by atoms with Crippen molar-refractivity contribution < 1.29 is 9.53 Å². The van der Waals surface area contributed by atoms with Crippen molar-refractivity contribution in [2.75, 3.05) is 23.9 Å². The fraction of sp³-hybridized carbons (Fsp3) is 0.417. The first-order valence-corrected chi connectivity index (χ1v) is 5.91. The second-order valence-electron chi connectivity index (χ2n) is 3.67. The Labute approximate surface area is 100.0 Å². The van der Waals surface area contributed by atoms with E-state index in [0.717, 1.165) is 23.4 Å². The van der Waals surface area contributed by atoms with Crippen LogP contribution in [0.5, 0.6) is 5.75 Å². The molecule has 0 saturated heterocycles. The van der Waals surface area contributed by atoms with Crippen LogP contribution in [0.4, 0.5) is 5.69 Å². The summed E-state index contributed by atoms with van der Waals surface area (Å²) >= 11 is 5.71. The van der Waals surface area contributed by atoms with Crippen LogP contribution in [-0.2, 0) is 11.2 Å². The molecule has 1 amide bonds. The number of rotatable bonds is 3. The minimum Gasteiger partial charge on any atom is -0.482 e. The third-order valence-corrected chi connectivity index (χ3v) is 2.85. The number of benzene rings is 1. The number of halogens is 1. The minimum atomic E-state index is 0.0121. The number of hydrogen-bond donors (Lipinski definition) is 0. The van der Waals surface area contributed by atoms with Crippen molar-refractivity contribution in [3.8, 4) is 5.75 Å². The molecule has 0 aromatic heterocycles. The molecule has 1 aliphatic rings. The molecule has 1 heterocycles. The minimum absolute atomic E-state index is 0.0121. The highest BCUT2D eigenvalue weighted by molar-refractivity contribution is 6.18. The number of alkyl halides is 1. The fourth-order valence-electron chi connectivity index (χ4n) is 1.86. The molecule has 16 heavy (non-hydrogen) atoms. The number of aryl methyl sites for hydroxylation is 1. The SMILES string of the molecule is CCN1C(=O)COc2ccc(CCCl)cc21. The van der Waals surface area contributed by atoms with Crippen molar-refractivity contribution in [1.29, 1.82) is 0 Å². The first-order chi connectivity index (χ1) is 7.76. The zero-order chi connectivity index (χ0) is 11.5. The Morgan fingerprint density at radius 1 is 1.50 bits per heavy atom. The second-order valence-corrected chi connectivity index (χ2v) is 4.05. The maximum absolute atomic E-state index is 11.6. The molecule has 0 fully saturated rings. The molecule has 1 aliphatic heterocycles. The predicted molar refractivity (Wildman–Crippen MR) is 64.4 cm³/mol. The zero-order valence-corrected chi connectivity index (χ0v) is 9.96. The number of ether oxygens (including phenoxy) is 1. The van der Waals surface area contributed by atoms with Crippen molar-refractivity contribution in [2.45, 2.75) is 13.3 Å². The lowest BCUT2D eigenvalue weighted by molar-refractivity contribution is -0.121. The average Bonchev–Trinajstić information content (AvgIpc) is 2.29. The number of fused-ring (bicyclic) bond motifs is 1. The van der Waals surface area contributed by atoms with Gasteiger partial charge in [0.2, 0.25) is 0 Å². The standard InChI is InChI=1S/C12H14ClNO2/c1-2-14-10-7-9(5-6-13)3-4-11(10)16-8-12(14)15/h3-4,7H,2,5-6,8H2,1H3. The van der Waals surface area contributed by atoms with Gasteiger partial charge in [-0.15, -0.1) is 11.6 Å². The van der Waals surface area contributed by atoms with E-state index < -0.39 is 0 Å². The van der Waals surface area contributed by atoms with E-state index in [9.17, 15) is 4.79 Å². The smallest absolute Gasteiger partial charge is 0.265 e. The summed E-state index contributed by atoms with van der Waals surface area (Å²) < 4.78 is 5.38. The van der Waals surface area contributed by atoms with Gasteiger partial charge in [-0.2, -0.15) is 0 Å². The lowest BCUT2D eigenvalue weighted by Crippen LogP contribution is -2.38. The van der Waals surface area contributed by atoms with Gasteiger partial charge >= 0.3 is 0 Å². The molecule has 1 aromatic carbocycles. The van der Waals surface area contributed by atoms with Crippen LogP contribution < -0.4 is 9.64 Å². The first-order valence-electron chi connectivity index (χ1n) is 5.38. The summed E-state index contributed by atoms with van der Waals surface area (Å²) in [6.45, 7) is 2.76. The van der Waals surface area contributed by atoms with Crippen LogP contribution in [0.25, 0.3) is 0 Å². The van der Waals surface area contributed by atoms with E-state index in [1.165, 1.54) is 0 Å². The summed E-state index contributed by atoms with van der Waals surface area (Å²) in [5.74, 6) is 1.37. The summed E-state index contributed by atoms with van der Waals surface area (Å²) in [5, 5.41) is 0. The summed E-state index contributed by atoms with van der Waals surface area (Å²) in [6, 6.07) is 5.88. The maximum atomic E-state index is 11.6. The van der Waals surface area contributed by atoms with Gasteiger partial charge in [0.05, 0.1) is 5.69 Å². The Bertz CT molecular complexity index is 406. The Morgan fingerprint density at radius 2 is 2.31 bits per heavy atom. The number of carbonyl (C=O) groups is 1. The van der Waals surface area contributed by atoms with Crippen molar-refractivity contribution >= 4 is 23.2 Å². The molecule has 0 spiro atoms. The highest BCUT2D eigenvalue weighted by Crippen LogP contribution is 2.32. The molecule has 2 rings (SSSR count). The van der Waals surface area contributed by atoms with Crippen LogP contribution in [0, 0.1) is 0 Å². The number of hydrogen-bond acceptors (Lipinski definition) is 2. The van der Waals surface area contributed by atoms with E-state index in [1.54, 1.807) is 4.90 Å². The molecule has 0 unspecified atom stereocenters. The summed E-state index contributed by atoms with van der Waals surface area (Å²) in [6.07, 6.45) is 0.806. The molecule has 0 N–H and O–H groups in total. The predicted octanol–water partition coefficient (Wildman–Crippen LogP) is 2.21.